The highest BCUT2D eigenvalue weighted by atomic mass is 32.2. The highest BCUT2D eigenvalue weighted by molar-refractivity contribution is 7.85. The van der Waals surface area contributed by atoms with Crippen molar-refractivity contribution < 1.29 is 35.5 Å². The number of nitrogens with one attached hydrogen (secondary N) is 1. The summed E-state index contributed by atoms with van der Waals surface area (Å²) in [4.78, 5) is 33.2. The lowest BCUT2D eigenvalue weighted by Gasteiger charge is -2.18. The van der Waals surface area contributed by atoms with E-state index in [-0.39, 0.29) is 27.7 Å². The SMILES string of the molecule is Cc1ccc(S(=O)(=O)O)cc1.[2H]C([2H])([2H])CC(=O)c1cnc(C2(C(N)=O)CC2)cc1Nc1cccc(-c2ncn(C([2H])([2H])[2H])n2)c1OC. The van der Waals surface area contributed by atoms with E-state index in [1.165, 1.54) is 31.5 Å². The molecule has 4 N–H and O–H groups in total. The summed E-state index contributed by atoms with van der Waals surface area (Å²) in [5.41, 5.74) is 6.92. The minimum absolute atomic E-state index is 0.0115. The second-order valence-electron chi connectivity index (χ2n) is 9.47. The monoisotopic (exact) mass is 598 g/mol. The van der Waals surface area contributed by atoms with Crippen LogP contribution in [0.1, 0.15) is 56.0 Å². The highest BCUT2D eigenvalue weighted by Crippen LogP contribution is 2.48. The van der Waals surface area contributed by atoms with Crippen LogP contribution in [0.15, 0.2) is 66.0 Å². The van der Waals surface area contributed by atoms with Crippen molar-refractivity contribution in [2.24, 2.45) is 12.7 Å². The molecule has 2 heterocycles. The van der Waals surface area contributed by atoms with E-state index in [1.54, 1.807) is 30.3 Å². The van der Waals surface area contributed by atoms with Gasteiger partial charge in [0.05, 0.1) is 45.6 Å². The number of ketones is 1. The highest BCUT2D eigenvalue weighted by Gasteiger charge is 2.51. The van der Waals surface area contributed by atoms with Crippen molar-refractivity contribution in [1.82, 2.24) is 19.7 Å². The fourth-order valence-electron chi connectivity index (χ4n) is 4.16. The van der Waals surface area contributed by atoms with Gasteiger partial charge >= 0.3 is 0 Å². The fourth-order valence-corrected chi connectivity index (χ4v) is 4.64. The molecule has 13 heteroatoms. The summed E-state index contributed by atoms with van der Waals surface area (Å²) >= 11 is 0. The van der Waals surface area contributed by atoms with Gasteiger partial charge < -0.3 is 15.8 Å². The number of amides is 1. The first-order valence-corrected chi connectivity index (χ1v) is 13.9. The third-order valence-electron chi connectivity index (χ3n) is 6.62. The van der Waals surface area contributed by atoms with Gasteiger partial charge in [-0.15, -0.1) is 0 Å². The van der Waals surface area contributed by atoms with Crippen LogP contribution >= 0.6 is 0 Å². The first-order chi connectivity index (χ1) is 22.2. The molecule has 0 aliphatic heterocycles. The minimum Gasteiger partial charge on any atom is -0.494 e. The van der Waals surface area contributed by atoms with Crippen LogP contribution in [0.3, 0.4) is 0 Å². The lowest BCUT2D eigenvalue weighted by atomic mass is 9.98. The van der Waals surface area contributed by atoms with Gasteiger partial charge in [0.15, 0.2) is 17.4 Å². The van der Waals surface area contributed by atoms with Crippen molar-refractivity contribution in [3.05, 3.63) is 77.9 Å². The molecule has 0 spiro atoms. The molecule has 12 nitrogen and oxygen atoms in total. The quantitative estimate of drug-likeness (QED) is 0.188. The lowest BCUT2D eigenvalue weighted by molar-refractivity contribution is -0.120. The molecule has 0 radical (unpaired) electrons. The molecule has 0 bridgehead atoms. The topological polar surface area (TPSA) is 179 Å². The first-order valence-electron chi connectivity index (χ1n) is 15.5. The molecule has 1 amide bonds. The Balaban J connectivity index is 0.000000401. The number of carbonyl (C=O) groups is 2. The third-order valence-corrected chi connectivity index (χ3v) is 7.48. The number of pyridine rings is 1. The molecule has 0 unspecified atom stereocenters. The number of primary amides is 1. The number of aromatic nitrogens is 4. The van der Waals surface area contributed by atoms with Gasteiger partial charge in [-0.25, -0.2) is 4.98 Å². The van der Waals surface area contributed by atoms with Crippen molar-refractivity contribution in [2.75, 3.05) is 12.4 Å². The van der Waals surface area contributed by atoms with E-state index in [9.17, 15) is 18.0 Å². The Morgan fingerprint density at radius 2 is 1.90 bits per heavy atom. The van der Waals surface area contributed by atoms with Gasteiger partial charge in [0.1, 0.15) is 6.33 Å². The average molecular weight is 599 g/mol. The maximum absolute atomic E-state index is 12.9. The summed E-state index contributed by atoms with van der Waals surface area (Å²) in [6.45, 7) is -3.17. The second kappa shape index (κ2) is 12.1. The molecule has 1 fully saturated rings. The zero-order valence-electron chi connectivity index (χ0n) is 28.7. The number of Topliss-reactive ketones (excluding diaryl/α,β-unsaturated/α-hetero) is 1. The van der Waals surface area contributed by atoms with Crippen molar-refractivity contribution in [3.63, 3.8) is 0 Å². The molecule has 42 heavy (non-hydrogen) atoms. The normalized spacial score (nSPS) is 16.2. The number of hydrogen-bond acceptors (Lipinski definition) is 9. The minimum atomic E-state index is -4.02. The molecular formula is C29H32N6O6S. The summed E-state index contributed by atoms with van der Waals surface area (Å²) in [5, 5.41) is 7.12. The van der Waals surface area contributed by atoms with E-state index in [2.05, 4.69) is 20.4 Å². The molecule has 2 aromatic carbocycles. The maximum Gasteiger partial charge on any atom is 0.294 e. The maximum atomic E-state index is 12.9. The Labute approximate surface area is 252 Å². The number of benzene rings is 2. The molecule has 5 rings (SSSR count). The number of methoxy groups -OCH3 is 1. The smallest absolute Gasteiger partial charge is 0.294 e. The molecule has 0 saturated heterocycles. The Kier molecular flexibility index (Phi) is 6.62. The van der Waals surface area contributed by atoms with Crippen LogP contribution in [-0.2, 0) is 27.3 Å². The van der Waals surface area contributed by atoms with E-state index < -0.39 is 47.5 Å². The molecule has 220 valence electrons. The Bertz CT molecular complexity index is 1940. The van der Waals surface area contributed by atoms with Crippen LogP contribution in [0.4, 0.5) is 11.4 Å². The van der Waals surface area contributed by atoms with E-state index >= 15 is 0 Å². The zero-order valence-corrected chi connectivity index (χ0v) is 23.5. The zero-order chi connectivity index (χ0) is 35.7. The standard InChI is InChI=1S/C22H24N6O3.C7H8O3S/c1-4-17(29)14-11-24-18(22(8-9-22)21(23)30)10-16(14)26-15-7-5-6-13(19(15)31-3)20-25-12-28(2)27-20;1-6-2-4-7(5-3-6)11(8,9)10/h5-7,10-12H,4,8-9H2,1-3H3,(H2,23,30)(H,24,26);2-5H,1H3,(H,8,9,10)/i1D3,2D3;. The van der Waals surface area contributed by atoms with Gasteiger partial charge in [0.25, 0.3) is 10.1 Å². The Morgan fingerprint density at radius 3 is 2.48 bits per heavy atom. The summed E-state index contributed by atoms with van der Waals surface area (Å²) in [7, 11) is -2.62. The molecule has 1 aliphatic carbocycles. The summed E-state index contributed by atoms with van der Waals surface area (Å²) in [6.07, 6.45) is 2.63. The van der Waals surface area contributed by atoms with Gasteiger partial charge in [-0.05, 0) is 50.1 Å². The fraction of sp³-hybridized carbons (Fsp3) is 0.276. The van der Waals surface area contributed by atoms with Crippen molar-refractivity contribution >= 4 is 33.2 Å². The number of carbonyl (C=O) groups excluding carboxylic acids is 2. The molecule has 1 saturated carbocycles. The summed E-state index contributed by atoms with van der Waals surface area (Å²) in [6, 6.07) is 12.4. The third kappa shape index (κ3) is 6.47. The van der Waals surface area contributed by atoms with Crippen LogP contribution in [0.5, 0.6) is 5.75 Å². The Morgan fingerprint density at radius 1 is 1.17 bits per heavy atom. The number of ether oxygens (including phenoxy) is 1. The number of nitrogens with two attached hydrogens (primary N) is 1. The van der Waals surface area contributed by atoms with Crippen LogP contribution in [0.25, 0.3) is 11.4 Å². The van der Waals surface area contributed by atoms with E-state index in [4.69, 9.17) is 23.2 Å². The molecule has 1 aliphatic rings. The van der Waals surface area contributed by atoms with Gasteiger partial charge in [0.2, 0.25) is 5.91 Å². The largest absolute Gasteiger partial charge is 0.494 e. The van der Waals surface area contributed by atoms with E-state index in [1.807, 2.05) is 6.92 Å². The van der Waals surface area contributed by atoms with Crippen LogP contribution in [0, 0.1) is 6.92 Å². The van der Waals surface area contributed by atoms with Crippen molar-refractivity contribution in [2.45, 2.75) is 43.3 Å². The van der Waals surface area contributed by atoms with Crippen LogP contribution < -0.4 is 15.8 Å². The van der Waals surface area contributed by atoms with Gasteiger partial charge in [-0.3, -0.25) is 23.8 Å². The molecule has 0 atom stereocenters. The summed E-state index contributed by atoms with van der Waals surface area (Å²) < 4.78 is 80.8. The molecule has 2 aromatic heterocycles. The average Bonchev–Trinajstić information content (AvgIpc) is 3.64. The van der Waals surface area contributed by atoms with E-state index in [0.29, 0.717) is 29.8 Å². The number of rotatable bonds is 9. The van der Waals surface area contributed by atoms with Gasteiger partial charge in [-0.1, -0.05) is 30.6 Å². The molecular weight excluding hydrogens is 560 g/mol. The second-order valence-corrected chi connectivity index (χ2v) is 10.9. The number of aryl methyl sites for hydroxylation is 2. The van der Waals surface area contributed by atoms with Crippen LogP contribution in [0.2, 0.25) is 0 Å². The predicted octanol–water partition coefficient (Wildman–Crippen LogP) is 3.98. The van der Waals surface area contributed by atoms with E-state index in [0.717, 1.165) is 16.6 Å². The van der Waals surface area contributed by atoms with Crippen molar-refractivity contribution in [1.29, 1.82) is 0 Å². The van der Waals surface area contributed by atoms with Crippen molar-refractivity contribution in [3.8, 4) is 17.1 Å². The summed E-state index contributed by atoms with van der Waals surface area (Å²) in [5.74, 6) is -0.868. The number of para-hydroxylation sites is 1. The number of anilines is 2. The number of hydrogen-bond donors (Lipinski definition) is 3. The van der Waals surface area contributed by atoms with Gasteiger partial charge in [0, 0.05) is 27.8 Å². The Hall–Kier alpha value is -4.62. The predicted molar refractivity (Wildman–Crippen MR) is 156 cm³/mol. The molecule has 4 aromatic rings. The first kappa shape index (κ1) is 23.0. The lowest BCUT2D eigenvalue weighted by Crippen LogP contribution is -2.29. The van der Waals surface area contributed by atoms with Gasteiger partial charge in [-0.2, -0.15) is 13.5 Å². The van der Waals surface area contributed by atoms with Crippen LogP contribution in [-0.4, -0.2) is 51.5 Å². The number of nitrogens with zero attached hydrogens (tertiary/aromatic N) is 4.